The van der Waals surface area contributed by atoms with Gasteiger partial charge in [-0.1, -0.05) is 42.5 Å². The molecule has 1 aromatic heterocycles. The van der Waals surface area contributed by atoms with Crippen molar-refractivity contribution < 1.29 is 14.3 Å². The number of pyridine rings is 1. The average molecular weight is 477 g/mol. The van der Waals surface area contributed by atoms with Crippen LogP contribution in [0.2, 0.25) is 0 Å². The first kappa shape index (κ1) is 22.4. The Hall–Kier alpha value is -4.12. The molecular formula is C31H28N2O3. The molecule has 2 heterocycles. The Bertz CT molecular complexity index is 1510. The highest BCUT2D eigenvalue weighted by Crippen LogP contribution is 2.49. The molecule has 3 aromatic carbocycles. The van der Waals surface area contributed by atoms with Gasteiger partial charge in [0.2, 0.25) is 0 Å². The SMILES string of the molecule is COc1cc(C2C3=C(CCCC3=O)Nc3ccc4nc(C)ccc4c32)ccc1OCc1ccccc1. The second-order valence-electron chi connectivity index (χ2n) is 9.46. The fourth-order valence-electron chi connectivity index (χ4n) is 5.44. The molecule has 5 heteroatoms. The first-order valence-electron chi connectivity index (χ1n) is 12.4. The standard InChI is InChI=1S/C31H28N2O3/c1-19-11-13-22-23(32-19)14-15-25-30(22)29(31-24(33-25)9-6-10-26(31)34)21-12-16-27(28(17-21)35-2)36-18-20-7-4-3-5-8-20/h3-5,7-8,11-17,29,33H,6,9-10,18H2,1-2H3. The van der Waals surface area contributed by atoms with Gasteiger partial charge in [0.1, 0.15) is 6.61 Å². The van der Waals surface area contributed by atoms with Crippen LogP contribution in [0.5, 0.6) is 11.5 Å². The van der Waals surface area contributed by atoms with E-state index in [0.717, 1.165) is 63.1 Å². The summed E-state index contributed by atoms with van der Waals surface area (Å²) in [6.45, 7) is 2.45. The molecule has 0 radical (unpaired) electrons. The van der Waals surface area contributed by atoms with E-state index in [0.29, 0.717) is 24.5 Å². The smallest absolute Gasteiger partial charge is 0.161 e. The number of Topliss-reactive ketones (excluding diaryl/α,β-unsaturated/α-hetero) is 1. The van der Waals surface area contributed by atoms with Gasteiger partial charge in [-0.3, -0.25) is 9.78 Å². The molecule has 0 spiro atoms. The third-order valence-electron chi connectivity index (χ3n) is 7.13. The summed E-state index contributed by atoms with van der Waals surface area (Å²) in [4.78, 5) is 18.1. The lowest BCUT2D eigenvalue weighted by Gasteiger charge is -2.35. The van der Waals surface area contributed by atoms with Crippen molar-refractivity contribution in [2.75, 3.05) is 12.4 Å². The third kappa shape index (κ3) is 3.91. The Balaban J connectivity index is 1.47. The van der Waals surface area contributed by atoms with Crippen molar-refractivity contribution in [1.29, 1.82) is 0 Å². The van der Waals surface area contributed by atoms with Gasteiger partial charge in [-0.15, -0.1) is 0 Å². The van der Waals surface area contributed by atoms with Crippen LogP contribution < -0.4 is 14.8 Å². The van der Waals surface area contributed by atoms with Crippen molar-refractivity contribution in [3.05, 3.63) is 106 Å². The van der Waals surface area contributed by atoms with E-state index in [1.54, 1.807) is 7.11 Å². The minimum Gasteiger partial charge on any atom is -0.493 e. The number of carbonyl (C=O) groups excluding carboxylic acids is 1. The molecular weight excluding hydrogens is 448 g/mol. The first-order valence-corrected chi connectivity index (χ1v) is 12.4. The topological polar surface area (TPSA) is 60.5 Å². The van der Waals surface area contributed by atoms with Crippen LogP contribution in [0.4, 0.5) is 5.69 Å². The van der Waals surface area contributed by atoms with Gasteiger partial charge in [0, 0.05) is 40.4 Å². The third-order valence-corrected chi connectivity index (χ3v) is 7.13. The number of aryl methyl sites for hydroxylation is 1. The largest absolute Gasteiger partial charge is 0.493 e. The number of ether oxygens (including phenoxy) is 2. The second kappa shape index (κ2) is 9.15. The van der Waals surface area contributed by atoms with Gasteiger partial charge in [0.05, 0.1) is 12.6 Å². The molecule has 1 N–H and O–H groups in total. The number of carbonyl (C=O) groups is 1. The van der Waals surface area contributed by atoms with E-state index in [9.17, 15) is 4.79 Å². The second-order valence-corrected chi connectivity index (χ2v) is 9.46. The minimum absolute atomic E-state index is 0.200. The quantitative estimate of drug-likeness (QED) is 0.347. The van der Waals surface area contributed by atoms with E-state index in [2.05, 4.69) is 29.6 Å². The van der Waals surface area contributed by atoms with Crippen LogP contribution in [0.3, 0.4) is 0 Å². The van der Waals surface area contributed by atoms with Crippen molar-refractivity contribution in [2.24, 2.45) is 0 Å². The van der Waals surface area contributed by atoms with E-state index in [1.165, 1.54) is 0 Å². The molecule has 180 valence electrons. The minimum atomic E-state index is -0.200. The number of hydrogen-bond donors (Lipinski definition) is 1. The molecule has 4 aromatic rings. The van der Waals surface area contributed by atoms with Gasteiger partial charge in [-0.2, -0.15) is 0 Å². The highest BCUT2D eigenvalue weighted by molar-refractivity contribution is 6.03. The Kier molecular flexibility index (Phi) is 5.68. The number of rotatable bonds is 5. The molecule has 0 amide bonds. The summed E-state index contributed by atoms with van der Waals surface area (Å²) < 4.78 is 11.9. The fourth-order valence-corrected chi connectivity index (χ4v) is 5.44. The van der Waals surface area contributed by atoms with Crippen molar-refractivity contribution in [1.82, 2.24) is 4.98 Å². The lowest BCUT2D eigenvalue weighted by molar-refractivity contribution is -0.116. The van der Waals surface area contributed by atoms with Crippen LogP contribution in [0.1, 0.15) is 47.6 Å². The summed E-state index contributed by atoms with van der Waals surface area (Å²) in [7, 11) is 1.66. The van der Waals surface area contributed by atoms with E-state index < -0.39 is 0 Å². The molecule has 0 saturated carbocycles. The maximum Gasteiger partial charge on any atom is 0.161 e. The molecule has 1 aliphatic heterocycles. The number of aromatic nitrogens is 1. The van der Waals surface area contributed by atoms with Crippen LogP contribution in [-0.2, 0) is 11.4 Å². The highest BCUT2D eigenvalue weighted by Gasteiger charge is 2.36. The van der Waals surface area contributed by atoms with Crippen molar-refractivity contribution in [3.63, 3.8) is 0 Å². The van der Waals surface area contributed by atoms with Crippen LogP contribution in [0, 0.1) is 6.92 Å². The summed E-state index contributed by atoms with van der Waals surface area (Å²) in [5.41, 5.74) is 8.03. The Labute approximate surface area is 210 Å². The monoisotopic (exact) mass is 476 g/mol. The maximum absolute atomic E-state index is 13.3. The maximum atomic E-state index is 13.3. The molecule has 0 bridgehead atoms. The zero-order valence-corrected chi connectivity index (χ0v) is 20.5. The van der Waals surface area contributed by atoms with E-state index in [4.69, 9.17) is 14.5 Å². The highest BCUT2D eigenvalue weighted by atomic mass is 16.5. The number of fused-ring (bicyclic) bond motifs is 3. The molecule has 1 atom stereocenters. The summed E-state index contributed by atoms with van der Waals surface area (Å²) in [6.07, 6.45) is 2.32. The number of methoxy groups -OCH3 is 1. The first-order chi connectivity index (χ1) is 17.6. The van der Waals surface area contributed by atoms with Gasteiger partial charge >= 0.3 is 0 Å². The summed E-state index contributed by atoms with van der Waals surface area (Å²) in [5, 5.41) is 4.65. The lowest BCUT2D eigenvalue weighted by atomic mass is 9.74. The normalized spacial score (nSPS) is 16.8. The van der Waals surface area contributed by atoms with Crippen LogP contribution in [0.15, 0.2) is 84.1 Å². The summed E-state index contributed by atoms with van der Waals surface area (Å²) in [6, 6.07) is 24.4. The van der Waals surface area contributed by atoms with E-state index in [-0.39, 0.29) is 11.7 Å². The Morgan fingerprint density at radius 3 is 2.67 bits per heavy atom. The molecule has 5 nitrogen and oxygen atoms in total. The van der Waals surface area contributed by atoms with Gasteiger partial charge in [-0.05, 0) is 66.8 Å². The lowest BCUT2D eigenvalue weighted by Crippen LogP contribution is -2.27. The molecule has 2 aliphatic rings. The van der Waals surface area contributed by atoms with Gasteiger partial charge in [0.25, 0.3) is 0 Å². The van der Waals surface area contributed by atoms with Gasteiger partial charge < -0.3 is 14.8 Å². The number of anilines is 1. The molecule has 1 unspecified atom stereocenters. The molecule has 6 rings (SSSR count). The number of nitrogens with zero attached hydrogens (tertiary/aromatic N) is 1. The molecule has 1 aliphatic carbocycles. The predicted octanol–water partition coefficient (Wildman–Crippen LogP) is 6.70. The summed E-state index contributed by atoms with van der Waals surface area (Å²) in [5.74, 6) is 1.34. The van der Waals surface area contributed by atoms with Crippen LogP contribution in [0.25, 0.3) is 10.9 Å². The number of allylic oxidation sites excluding steroid dienone is 2. The fraction of sp³-hybridized carbons (Fsp3) is 0.226. The number of benzene rings is 3. The Morgan fingerprint density at radius 2 is 1.83 bits per heavy atom. The van der Waals surface area contributed by atoms with E-state index >= 15 is 0 Å². The molecule has 0 saturated heterocycles. The Morgan fingerprint density at radius 1 is 0.972 bits per heavy atom. The zero-order valence-electron chi connectivity index (χ0n) is 20.5. The van der Waals surface area contributed by atoms with Crippen LogP contribution >= 0.6 is 0 Å². The number of hydrogen-bond acceptors (Lipinski definition) is 5. The van der Waals surface area contributed by atoms with E-state index in [1.807, 2.05) is 55.5 Å². The molecule has 36 heavy (non-hydrogen) atoms. The number of ketones is 1. The van der Waals surface area contributed by atoms with Crippen LogP contribution in [-0.4, -0.2) is 17.9 Å². The van der Waals surface area contributed by atoms with Gasteiger partial charge in [-0.25, -0.2) is 0 Å². The summed E-state index contributed by atoms with van der Waals surface area (Å²) >= 11 is 0. The van der Waals surface area contributed by atoms with Crippen molar-refractivity contribution in [2.45, 2.75) is 38.7 Å². The predicted molar refractivity (Wildman–Crippen MR) is 142 cm³/mol. The van der Waals surface area contributed by atoms with Gasteiger partial charge in [0.15, 0.2) is 17.3 Å². The molecule has 0 fully saturated rings. The zero-order chi connectivity index (χ0) is 24.6. The van der Waals surface area contributed by atoms with Crippen molar-refractivity contribution in [3.8, 4) is 11.5 Å². The average Bonchev–Trinajstić information content (AvgIpc) is 2.91. The number of nitrogens with one attached hydrogen (secondary N) is 1. The van der Waals surface area contributed by atoms with Crippen molar-refractivity contribution >= 4 is 22.4 Å².